The molecule has 0 aliphatic rings. The van der Waals surface area contributed by atoms with Crippen molar-refractivity contribution < 1.29 is 41.9 Å². The van der Waals surface area contributed by atoms with Crippen molar-refractivity contribution in [2.75, 3.05) is 21.3 Å². The molecule has 2 atom stereocenters. The zero-order valence-corrected chi connectivity index (χ0v) is 20.8. The maximum atomic E-state index is 13.5. The van der Waals surface area contributed by atoms with Gasteiger partial charge in [0.25, 0.3) is 5.69 Å². The molecule has 0 saturated carbocycles. The fourth-order valence-corrected chi connectivity index (χ4v) is 4.52. The van der Waals surface area contributed by atoms with E-state index in [0.717, 1.165) is 20.3 Å². The van der Waals surface area contributed by atoms with Crippen LogP contribution in [0.25, 0.3) is 0 Å². The maximum absolute atomic E-state index is 13.5. The molecule has 2 aromatic rings. The minimum atomic E-state index is -4.74. The van der Waals surface area contributed by atoms with E-state index in [1.807, 2.05) is 0 Å². The summed E-state index contributed by atoms with van der Waals surface area (Å²) >= 11 is 0. The Morgan fingerprint density at radius 2 is 1.62 bits per heavy atom. The first kappa shape index (κ1) is 29.3. The molecule has 0 fully saturated rings. The van der Waals surface area contributed by atoms with Crippen LogP contribution in [0.2, 0.25) is 0 Å². The molecule has 0 aromatic heterocycles. The van der Waals surface area contributed by atoms with Gasteiger partial charge in [0.15, 0.2) is 5.41 Å². The third-order valence-corrected chi connectivity index (χ3v) is 6.53. The monoisotopic (exact) mass is 523 g/mol. The predicted octanol–water partition coefficient (Wildman–Crippen LogP) is 5.49. The molecule has 200 valence electrons. The zero-order chi connectivity index (χ0) is 28.0. The summed E-state index contributed by atoms with van der Waals surface area (Å²) in [5.74, 6) is -3.20. The number of ether oxygens (including phenoxy) is 3. The first-order valence-electron chi connectivity index (χ1n) is 11.1. The molecule has 0 amide bonds. The lowest BCUT2D eigenvalue weighted by atomic mass is 9.65. The lowest BCUT2D eigenvalue weighted by Gasteiger charge is -2.38. The first-order chi connectivity index (χ1) is 17.4. The van der Waals surface area contributed by atoms with Gasteiger partial charge in [-0.1, -0.05) is 25.1 Å². The van der Waals surface area contributed by atoms with E-state index in [2.05, 4.69) is 6.58 Å². The molecule has 0 spiro atoms. The number of alkyl halides is 3. The third-order valence-electron chi connectivity index (χ3n) is 6.53. The molecule has 2 rings (SSSR count). The topological polar surface area (TPSA) is 105 Å². The Morgan fingerprint density at radius 1 is 1.05 bits per heavy atom. The van der Waals surface area contributed by atoms with Crippen LogP contribution >= 0.6 is 0 Å². The highest BCUT2D eigenvalue weighted by molar-refractivity contribution is 6.00. The van der Waals surface area contributed by atoms with Crippen molar-refractivity contribution in [2.24, 2.45) is 11.3 Å². The number of nitrogens with zero attached hydrogens (tertiary/aromatic N) is 1. The Hall–Kier alpha value is -3.89. The Bertz CT molecular complexity index is 1130. The SMILES string of the molecule is C=CCC(C(=O)OC)(C(=O)OC)C(C)C(Cc1cc(C(F)(F)F)ccc1[N+](=O)[O-])c1ccc(OC)cc1. The Labute approximate surface area is 212 Å². The number of nitro benzene ring substituents is 1. The van der Waals surface area contributed by atoms with Crippen LogP contribution in [0.15, 0.2) is 55.1 Å². The standard InChI is InChI=1S/C26H28F3NO7/c1-6-13-25(23(31)36-4,24(32)37-5)16(2)21(17-7-10-20(35-3)11-8-17)15-18-14-19(26(27,28)29)9-12-22(18)30(33)34/h6-12,14,16,21H,1,13,15H2,2-5H3. The number of nitro groups is 1. The predicted molar refractivity (Wildman–Crippen MR) is 128 cm³/mol. The second-order valence-corrected chi connectivity index (χ2v) is 8.42. The molecule has 8 nitrogen and oxygen atoms in total. The van der Waals surface area contributed by atoms with E-state index in [9.17, 15) is 32.9 Å². The van der Waals surface area contributed by atoms with Crippen LogP contribution < -0.4 is 4.74 Å². The fraction of sp³-hybridized carbons (Fsp3) is 0.385. The summed E-state index contributed by atoms with van der Waals surface area (Å²) in [5.41, 5.74) is -3.22. The molecule has 2 unspecified atom stereocenters. The van der Waals surface area contributed by atoms with Gasteiger partial charge in [-0.3, -0.25) is 19.7 Å². The van der Waals surface area contributed by atoms with Crippen LogP contribution in [-0.2, 0) is 31.7 Å². The van der Waals surface area contributed by atoms with Gasteiger partial charge in [-0.15, -0.1) is 6.58 Å². The molecular formula is C26H28F3NO7. The number of methoxy groups -OCH3 is 3. The average molecular weight is 524 g/mol. The molecule has 0 heterocycles. The second kappa shape index (κ2) is 11.9. The van der Waals surface area contributed by atoms with Crippen molar-refractivity contribution >= 4 is 17.6 Å². The molecule has 37 heavy (non-hydrogen) atoms. The van der Waals surface area contributed by atoms with E-state index in [4.69, 9.17) is 14.2 Å². The lowest BCUT2D eigenvalue weighted by molar-refractivity contribution is -0.385. The summed E-state index contributed by atoms with van der Waals surface area (Å²) in [4.78, 5) is 37.1. The normalized spacial score (nSPS) is 13.3. The van der Waals surface area contributed by atoms with E-state index >= 15 is 0 Å². The number of carbonyl (C=O) groups is 2. The van der Waals surface area contributed by atoms with Gasteiger partial charge in [0.05, 0.1) is 31.8 Å². The Morgan fingerprint density at radius 3 is 2.05 bits per heavy atom. The maximum Gasteiger partial charge on any atom is 0.416 e. The van der Waals surface area contributed by atoms with Gasteiger partial charge in [-0.05, 0) is 54.5 Å². The van der Waals surface area contributed by atoms with Crippen molar-refractivity contribution in [1.29, 1.82) is 0 Å². The first-order valence-corrected chi connectivity index (χ1v) is 11.1. The van der Waals surface area contributed by atoms with Crippen molar-refractivity contribution in [3.8, 4) is 5.75 Å². The number of halogens is 3. The van der Waals surface area contributed by atoms with Gasteiger partial charge in [-0.25, -0.2) is 0 Å². The Balaban J connectivity index is 2.81. The molecule has 0 bridgehead atoms. The highest BCUT2D eigenvalue weighted by Gasteiger charge is 2.54. The van der Waals surface area contributed by atoms with E-state index in [1.165, 1.54) is 13.2 Å². The lowest BCUT2D eigenvalue weighted by Crippen LogP contribution is -2.48. The summed E-state index contributed by atoms with van der Waals surface area (Å²) < 4.78 is 55.5. The number of allylic oxidation sites excluding steroid dienone is 1. The second-order valence-electron chi connectivity index (χ2n) is 8.42. The van der Waals surface area contributed by atoms with Crippen LogP contribution in [-0.4, -0.2) is 38.2 Å². The van der Waals surface area contributed by atoms with Crippen LogP contribution in [0, 0.1) is 21.4 Å². The molecule has 0 aliphatic heterocycles. The summed E-state index contributed by atoms with van der Waals surface area (Å²) in [7, 11) is 3.64. The highest BCUT2D eigenvalue weighted by atomic mass is 19.4. The third kappa shape index (κ3) is 6.10. The van der Waals surface area contributed by atoms with E-state index in [0.29, 0.717) is 23.4 Å². The van der Waals surface area contributed by atoms with Crippen molar-refractivity contribution in [3.05, 3.63) is 81.9 Å². The number of esters is 2. The minimum absolute atomic E-state index is 0.204. The van der Waals surface area contributed by atoms with Gasteiger partial charge in [0.1, 0.15) is 5.75 Å². The van der Waals surface area contributed by atoms with Crippen molar-refractivity contribution in [1.82, 2.24) is 0 Å². The molecule has 0 saturated heterocycles. The van der Waals surface area contributed by atoms with Crippen molar-refractivity contribution in [3.63, 3.8) is 0 Å². The highest BCUT2D eigenvalue weighted by Crippen LogP contribution is 2.46. The molecule has 0 N–H and O–H groups in total. The summed E-state index contributed by atoms with van der Waals surface area (Å²) in [5, 5.41) is 11.7. The summed E-state index contributed by atoms with van der Waals surface area (Å²) in [6.45, 7) is 5.18. The van der Waals surface area contributed by atoms with Gasteiger partial charge >= 0.3 is 18.1 Å². The van der Waals surface area contributed by atoms with Gasteiger partial charge in [0.2, 0.25) is 0 Å². The smallest absolute Gasteiger partial charge is 0.416 e. The minimum Gasteiger partial charge on any atom is -0.497 e. The molecule has 0 aliphatic carbocycles. The molecular weight excluding hydrogens is 495 g/mol. The number of hydrogen-bond acceptors (Lipinski definition) is 7. The Kier molecular flexibility index (Phi) is 9.43. The van der Waals surface area contributed by atoms with E-state index < -0.39 is 51.5 Å². The zero-order valence-electron chi connectivity index (χ0n) is 20.8. The summed E-state index contributed by atoms with van der Waals surface area (Å²) in [6, 6.07) is 8.58. The van der Waals surface area contributed by atoms with Crippen molar-refractivity contribution in [2.45, 2.75) is 31.9 Å². The van der Waals surface area contributed by atoms with Gasteiger partial charge in [-0.2, -0.15) is 13.2 Å². The van der Waals surface area contributed by atoms with Crippen LogP contribution in [0.5, 0.6) is 5.75 Å². The quantitative estimate of drug-likeness (QED) is 0.126. The van der Waals surface area contributed by atoms with E-state index in [-0.39, 0.29) is 18.4 Å². The largest absolute Gasteiger partial charge is 0.497 e. The van der Waals surface area contributed by atoms with Crippen LogP contribution in [0.3, 0.4) is 0 Å². The van der Waals surface area contributed by atoms with Crippen LogP contribution in [0.4, 0.5) is 18.9 Å². The van der Waals surface area contributed by atoms with Gasteiger partial charge in [0, 0.05) is 11.6 Å². The van der Waals surface area contributed by atoms with Gasteiger partial charge < -0.3 is 14.2 Å². The number of carbonyl (C=O) groups excluding carboxylic acids is 2. The number of benzene rings is 2. The molecule has 2 aromatic carbocycles. The number of rotatable bonds is 11. The fourth-order valence-electron chi connectivity index (χ4n) is 4.52. The van der Waals surface area contributed by atoms with E-state index in [1.54, 1.807) is 31.2 Å². The van der Waals surface area contributed by atoms with Crippen LogP contribution in [0.1, 0.15) is 36.0 Å². The molecule has 11 heteroatoms. The summed E-state index contributed by atoms with van der Waals surface area (Å²) in [6.07, 6.45) is -3.91. The average Bonchev–Trinajstić information content (AvgIpc) is 2.88. The number of hydrogen-bond donors (Lipinski definition) is 0. The molecule has 0 radical (unpaired) electrons.